The third-order valence-corrected chi connectivity index (χ3v) is 0.994. The van der Waals surface area contributed by atoms with Gasteiger partial charge in [-0.05, 0) is 0 Å². The molecule has 0 aromatic rings. The van der Waals surface area contributed by atoms with E-state index in [0.29, 0.717) is 0 Å². The van der Waals surface area contributed by atoms with Crippen LogP contribution in [0, 0.1) is 0 Å². The van der Waals surface area contributed by atoms with Crippen LogP contribution in [0.2, 0.25) is 0 Å². The fourth-order valence-corrected chi connectivity index (χ4v) is 0.579. The summed E-state index contributed by atoms with van der Waals surface area (Å²) in [7, 11) is -3.31. The van der Waals surface area contributed by atoms with E-state index in [-0.39, 0.29) is 13.2 Å². The van der Waals surface area contributed by atoms with Gasteiger partial charge in [-0.2, -0.15) is 8.42 Å². The van der Waals surface area contributed by atoms with Gasteiger partial charge in [-0.3, -0.25) is 9.92 Å². The standard InChI is InChI=1S/C3H8NO3S/c1-8(5,6)7-3-2-4/h4H,2-3H2,1H3. The Hall–Kier alpha value is -0.130. The molecule has 0 spiro atoms. The van der Waals surface area contributed by atoms with E-state index < -0.39 is 10.1 Å². The molecule has 49 valence electrons. The molecular weight excluding hydrogens is 130 g/mol. The maximum absolute atomic E-state index is 10.1. The lowest BCUT2D eigenvalue weighted by molar-refractivity contribution is 0.330. The van der Waals surface area contributed by atoms with Gasteiger partial charge in [-0.15, -0.1) is 0 Å². The minimum atomic E-state index is -3.31. The van der Waals surface area contributed by atoms with E-state index in [1.165, 1.54) is 0 Å². The van der Waals surface area contributed by atoms with Gasteiger partial charge in [0.2, 0.25) is 0 Å². The molecule has 0 aromatic heterocycles. The zero-order valence-electron chi connectivity index (χ0n) is 4.55. The maximum Gasteiger partial charge on any atom is 0.264 e. The van der Waals surface area contributed by atoms with Gasteiger partial charge in [0.25, 0.3) is 10.1 Å². The molecule has 0 heterocycles. The van der Waals surface area contributed by atoms with E-state index >= 15 is 0 Å². The topological polar surface area (TPSA) is 67.2 Å². The average Bonchev–Trinajstić information content (AvgIpc) is 1.59. The Morgan fingerprint density at radius 1 is 1.62 bits per heavy atom. The molecule has 0 rings (SSSR count). The van der Waals surface area contributed by atoms with Gasteiger partial charge >= 0.3 is 0 Å². The first kappa shape index (κ1) is 7.87. The smallest absolute Gasteiger partial charge is 0.264 e. The summed E-state index contributed by atoms with van der Waals surface area (Å²) in [4.78, 5) is 0. The van der Waals surface area contributed by atoms with Crippen LogP contribution in [-0.4, -0.2) is 27.8 Å². The second-order valence-corrected chi connectivity index (χ2v) is 2.92. The normalized spacial score (nSPS) is 11.8. The van der Waals surface area contributed by atoms with Crippen molar-refractivity contribution in [1.82, 2.24) is 5.73 Å². The third-order valence-electron chi connectivity index (χ3n) is 0.399. The summed E-state index contributed by atoms with van der Waals surface area (Å²) in [6.07, 6.45) is 0.961. The van der Waals surface area contributed by atoms with Crippen molar-refractivity contribution in [1.29, 1.82) is 0 Å². The lowest BCUT2D eigenvalue weighted by Gasteiger charge is -1.93. The van der Waals surface area contributed by atoms with Gasteiger partial charge in [0, 0.05) is 6.54 Å². The molecule has 0 aromatic carbocycles. The predicted molar refractivity (Wildman–Crippen MR) is 28.8 cm³/mol. The molecule has 0 aliphatic heterocycles. The first-order chi connectivity index (χ1) is 3.56. The minimum absolute atomic E-state index is 0.0208. The molecular formula is C3H8NO3S. The highest BCUT2D eigenvalue weighted by molar-refractivity contribution is 7.85. The van der Waals surface area contributed by atoms with Gasteiger partial charge < -0.3 is 0 Å². The summed E-state index contributed by atoms with van der Waals surface area (Å²) in [5.41, 5.74) is 6.49. The van der Waals surface area contributed by atoms with Crippen LogP contribution in [0.3, 0.4) is 0 Å². The van der Waals surface area contributed by atoms with Crippen molar-refractivity contribution in [2.24, 2.45) is 0 Å². The molecule has 1 radical (unpaired) electrons. The largest absolute Gasteiger partial charge is 0.269 e. The van der Waals surface area contributed by atoms with Gasteiger partial charge in [-0.25, -0.2) is 0 Å². The first-order valence-electron chi connectivity index (χ1n) is 2.05. The molecule has 5 heteroatoms. The molecule has 8 heavy (non-hydrogen) atoms. The van der Waals surface area contributed by atoms with Crippen LogP contribution in [0.15, 0.2) is 0 Å². The monoisotopic (exact) mass is 138 g/mol. The zero-order chi connectivity index (χ0) is 6.62. The predicted octanol–water partition coefficient (Wildman–Crippen LogP) is -0.754. The molecule has 0 atom stereocenters. The molecule has 1 N–H and O–H groups in total. The minimum Gasteiger partial charge on any atom is -0.269 e. The summed E-state index contributed by atoms with van der Waals surface area (Å²) in [6.45, 7) is -0.0636. The molecule has 0 aliphatic carbocycles. The summed E-state index contributed by atoms with van der Waals surface area (Å²) >= 11 is 0. The molecule has 0 bridgehead atoms. The Morgan fingerprint density at radius 2 is 2.12 bits per heavy atom. The van der Waals surface area contributed by atoms with Crippen LogP contribution < -0.4 is 5.73 Å². The van der Waals surface area contributed by atoms with E-state index in [0.717, 1.165) is 6.26 Å². The molecule has 0 saturated heterocycles. The van der Waals surface area contributed by atoms with Crippen LogP contribution >= 0.6 is 0 Å². The molecule has 0 amide bonds. The van der Waals surface area contributed by atoms with Crippen LogP contribution in [0.5, 0.6) is 0 Å². The van der Waals surface area contributed by atoms with E-state index in [1.54, 1.807) is 0 Å². The molecule has 0 fully saturated rings. The highest BCUT2D eigenvalue weighted by atomic mass is 32.2. The average molecular weight is 138 g/mol. The van der Waals surface area contributed by atoms with Crippen LogP contribution in [0.1, 0.15) is 0 Å². The lowest BCUT2D eigenvalue weighted by Crippen LogP contribution is -2.07. The number of hydrogen-bond donors (Lipinski definition) is 0. The number of hydrogen-bond acceptors (Lipinski definition) is 3. The molecule has 4 nitrogen and oxygen atoms in total. The second-order valence-electron chi connectivity index (χ2n) is 1.28. The first-order valence-corrected chi connectivity index (χ1v) is 3.87. The molecule has 0 aliphatic rings. The Morgan fingerprint density at radius 3 is 2.25 bits per heavy atom. The van der Waals surface area contributed by atoms with Crippen LogP contribution in [0.4, 0.5) is 0 Å². The number of rotatable bonds is 3. The quantitative estimate of drug-likeness (QED) is 0.482. The maximum atomic E-state index is 10.1. The van der Waals surface area contributed by atoms with Crippen molar-refractivity contribution >= 4 is 10.1 Å². The molecule has 0 unspecified atom stereocenters. The fraction of sp³-hybridized carbons (Fsp3) is 1.00. The summed E-state index contributed by atoms with van der Waals surface area (Å²) < 4.78 is 24.3. The zero-order valence-corrected chi connectivity index (χ0v) is 5.36. The van der Waals surface area contributed by atoms with Crippen molar-refractivity contribution in [2.75, 3.05) is 19.4 Å². The SMILES string of the molecule is CS(=O)(=O)OCC[NH]. The Kier molecular flexibility index (Phi) is 2.96. The summed E-state index contributed by atoms with van der Waals surface area (Å²) in [6, 6.07) is 0. The Balaban J connectivity index is 3.42. The van der Waals surface area contributed by atoms with Crippen molar-refractivity contribution in [2.45, 2.75) is 0 Å². The lowest BCUT2D eigenvalue weighted by atomic mass is 10.8. The van der Waals surface area contributed by atoms with Crippen LogP contribution in [-0.2, 0) is 14.3 Å². The number of nitrogens with one attached hydrogen (secondary N) is 1. The van der Waals surface area contributed by atoms with E-state index in [2.05, 4.69) is 4.18 Å². The van der Waals surface area contributed by atoms with E-state index in [4.69, 9.17) is 5.73 Å². The van der Waals surface area contributed by atoms with E-state index in [9.17, 15) is 8.42 Å². The Bertz CT molecular complexity index is 139. The van der Waals surface area contributed by atoms with Crippen molar-refractivity contribution < 1.29 is 12.6 Å². The fourth-order valence-electron chi connectivity index (χ4n) is 0.193. The molecule has 0 saturated carbocycles. The summed E-state index contributed by atoms with van der Waals surface area (Å²) in [5.74, 6) is 0. The Labute approximate surface area is 48.8 Å². The van der Waals surface area contributed by atoms with Crippen molar-refractivity contribution in [3.63, 3.8) is 0 Å². The van der Waals surface area contributed by atoms with Crippen LogP contribution in [0.25, 0.3) is 0 Å². The van der Waals surface area contributed by atoms with Gasteiger partial charge in [0.1, 0.15) is 0 Å². The van der Waals surface area contributed by atoms with Crippen molar-refractivity contribution in [3.05, 3.63) is 0 Å². The highest BCUT2D eigenvalue weighted by Crippen LogP contribution is 1.82. The van der Waals surface area contributed by atoms with Crippen molar-refractivity contribution in [3.8, 4) is 0 Å². The highest BCUT2D eigenvalue weighted by Gasteiger charge is 1.97. The van der Waals surface area contributed by atoms with E-state index in [1.807, 2.05) is 0 Å². The van der Waals surface area contributed by atoms with Gasteiger partial charge in [0.05, 0.1) is 12.9 Å². The summed E-state index contributed by atoms with van der Waals surface area (Å²) in [5, 5.41) is 0. The third kappa shape index (κ3) is 5.87. The van der Waals surface area contributed by atoms with Gasteiger partial charge in [0.15, 0.2) is 0 Å². The van der Waals surface area contributed by atoms with Gasteiger partial charge in [-0.1, -0.05) is 0 Å². The second kappa shape index (κ2) is 3.01.